The third-order valence-corrected chi connectivity index (χ3v) is 10.0. The molecule has 1 aromatic heterocycles. The molecule has 3 aliphatic rings. The molecule has 1 aliphatic heterocycles. The van der Waals surface area contributed by atoms with E-state index in [0.717, 1.165) is 43.2 Å². The Kier molecular flexibility index (Phi) is 9.99. The number of aliphatic carboxylic acids is 1. The standard InChI is InChI=1S/C38H40N4O4.C2H6/c43-33(44)19-14-25-12-16-28(17-13-25)40-37(46)38(20-6-7-21-38)41-36(45)27-15-18-30-32(24-27)42-23-22-39-31-11-5-4-10-29(31)35(42)34(30)26-8-2-1-3-9-26;1-2/h4-5,10-19,24,26,39H,1-3,6-9,20-23H2,(H,40,46)(H,41,45)(H,43,44);1-2H3/b19-14+;. The van der Waals surface area contributed by atoms with Gasteiger partial charge >= 0.3 is 5.97 Å². The van der Waals surface area contributed by atoms with Gasteiger partial charge in [0.2, 0.25) is 5.91 Å². The summed E-state index contributed by atoms with van der Waals surface area (Å²) in [5, 5.41) is 19.9. The number of anilines is 2. The number of carboxylic acid groups (broad SMARTS) is 1. The number of hydrogen-bond acceptors (Lipinski definition) is 4. The van der Waals surface area contributed by atoms with Crippen LogP contribution in [0.4, 0.5) is 11.4 Å². The fraction of sp³-hybridized carbons (Fsp3) is 0.375. The second kappa shape index (κ2) is 14.5. The van der Waals surface area contributed by atoms with Crippen LogP contribution in [0.25, 0.3) is 28.2 Å². The molecule has 0 atom stereocenters. The number of fused-ring (bicyclic) bond motifs is 5. The van der Waals surface area contributed by atoms with Gasteiger partial charge in [-0.05, 0) is 79.1 Å². The van der Waals surface area contributed by atoms with E-state index < -0.39 is 11.5 Å². The number of rotatable bonds is 7. The van der Waals surface area contributed by atoms with Crippen molar-refractivity contribution in [3.63, 3.8) is 0 Å². The zero-order chi connectivity index (χ0) is 33.7. The Morgan fingerprint density at radius 2 is 1.65 bits per heavy atom. The molecule has 2 amide bonds. The topological polar surface area (TPSA) is 112 Å². The quantitative estimate of drug-likeness (QED) is 0.150. The second-order valence-electron chi connectivity index (χ2n) is 12.9. The first-order valence-corrected chi connectivity index (χ1v) is 17.6. The lowest BCUT2D eigenvalue weighted by Gasteiger charge is -2.29. The minimum atomic E-state index is -1.02. The number of benzene rings is 3. The first kappa shape index (κ1) is 33.1. The van der Waals surface area contributed by atoms with Crippen LogP contribution >= 0.6 is 0 Å². The summed E-state index contributed by atoms with van der Waals surface area (Å²) in [6.45, 7) is 5.60. The zero-order valence-corrected chi connectivity index (χ0v) is 28.0. The van der Waals surface area contributed by atoms with Crippen molar-refractivity contribution in [3.8, 4) is 11.3 Å². The van der Waals surface area contributed by atoms with E-state index in [1.54, 1.807) is 24.3 Å². The van der Waals surface area contributed by atoms with Gasteiger partial charge in [-0.25, -0.2) is 4.79 Å². The van der Waals surface area contributed by atoms with Gasteiger partial charge in [-0.15, -0.1) is 0 Å². The Labute approximate surface area is 282 Å². The molecule has 8 nitrogen and oxygen atoms in total. The first-order chi connectivity index (χ1) is 23.4. The van der Waals surface area contributed by atoms with E-state index in [1.807, 2.05) is 26.0 Å². The molecule has 0 unspecified atom stereocenters. The fourth-order valence-corrected chi connectivity index (χ4v) is 7.76. The van der Waals surface area contributed by atoms with Crippen molar-refractivity contribution in [1.82, 2.24) is 9.88 Å². The van der Waals surface area contributed by atoms with E-state index in [-0.39, 0.29) is 11.8 Å². The van der Waals surface area contributed by atoms with Crippen molar-refractivity contribution in [1.29, 1.82) is 0 Å². The van der Waals surface area contributed by atoms with E-state index in [1.165, 1.54) is 60.4 Å². The Morgan fingerprint density at radius 1 is 0.917 bits per heavy atom. The van der Waals surface area contributed by atoms with Gasteiger partial charge in [0.25, 0.3) is 5.91 Å². The highest BCUT2D eigenvalue weighted by molar-refractivity contribution is 6.06. The molecule has 2 saturated carbocycles. The highest BCUT2D eigenvalue weighted by atomic mass is 16.4. The summed E-state index contributed by atoms with van der Waals surface area (Å²) in [4.78, 5) is 38.5. The van der Waals surface area contributed by atoms with Crippen LogP contribution in [0.2, 0.25) is 0 Å². The van der Waals surface area contributed by atoms with Crippen LogP contribution in [0.15, 0.2) is 72.8 Å². The van der Waals surface area contributed by atoms with Crippen LogP contribution in [0, 0.1) is 0 Å². The molecule has 2 heterocycles. The molecule has 0 saturated heterocycles. The molecule has 0 spiro atoms. The summed E-state index contributed by atoms with van der Waals surface area (Å²) in [5.41, 5.74) is 7.00. The van der Waals surface area contributed by atoms with E-state index in [9.17, 15) is 14.4 Å². The van der Waals surface area contributed by atoms with Crippen LogP contribution in [0.3, 0.4) is 0 Å². The number of nitrogens with zero attached hydrogens (tertiary/aromatic N) is 1. The molecular formula is C40H46N4O4. The maximum Gasteiger partial charge on any atom is 0.328 e. The zero-order valence-electron chi connectivity index (χ0n) is 28.0. The molecule has 2 aliphatic carbocycles. The summed E-state index contributed by atoms with van der Waals surface area (Å²) in [6.07, 6.45) is 11.6. The summed E-state index contributed by atoms with van der Waals surface area (Å²) in [6, 6.07) is 21.6. The molecule has 3 aromatic carbocycles. The molecule has 4 aromatic rings. The smallest absolute Gasteiger partial charge is 0.328 e. The SMILES string of the molecule is CC.O=C(O)/C=C/c1ccc(NC(=O)C2(NC(=O)c3ccc4c(C5CCCCC5)c5n(c4c3)CCNc3ccccc3-5)CCCC2)cc1. The van der Waals surface area contributed by atoms with Gasteiger partial charge in [0.15, 0.2) is 0 Å². The normalized spacial score (nSPS) is 17.0. The Balaban J connectivity index is 0.00000197. The van der Waals surface area contributed by atoms with E-state index in [2.05, 4.69) is 50.8 Å². The minimum Gasteiger partial charge on any atom is -0.478 e. The van der Waals surface area contributed by atoms with Crippen molar-refractivity contribution in [2.24, 2.45) is 0 Å². The van der Waals surface area contributed by atoms with Gasteiger partial charge in [0.1, 0.15) is 5.54 Å². The molecule has 48 heavy (non-hydrogen) atoms. The van der Waals surface area contributed by atoms with Gasteiger partial charge < -0.3 is 25.6 Å². The van der Waals surface area contributed by atoms with E-state index in [4.69, 9.17) is 5.11 Å². The van der Waals surface area contributed by atoms with Crippen LogP contribution in [0.1, 0.15) is 99.0 Å². The van der Waals surface area contributed by atoms with Gasteiger partial charge in [0, 0.05) is 52.6 Å². The fourth-order valence-electron chi connectivity index (χ4n) is 7.76. The summed E-state index contributed by atoms with van der Waals surface area (Å²) >= 11 is 0. The summed E-state index contributed by atoms with van der Waals surface area (Å²) in [5.74, 6) is -0.997. The molecule has 0 bridgehead atoms. The molecule has 2 fully saturated rings. The van der Waals surface area contributed by atoms with Crippen molar-refractivity contribution in [2.45, 2.75) is 89.6 Å². The average Bonchev–Trinajstić information content (AvgIpc) is 3.67. The number of hydrogen-bond donors (Lipinski definition) is 4. The van der Waals surface area contributed by atoms with Crippen LogP contribution in [-0.2, 0) is 16.1 Å². The maximum absolute atomic E-state index is 14.0. The van der Waals surface area contributed by atoms with Gasteiger partial charge in [0.05, 0.1) is 5.69 Å². The highest BCUT2D eigenvalue weighted by Crippen LogP contribution is 2.46. The van der Waals surface area contributed by atoms with Crippen molar-refractivity contribution < 1.29 is 19.5 Å². The number of nitrogens with one attached hydrogen (secondary N) is 3. The predicted molar refractivity (Wildman–Crippen MR) is 193 cm³/mol. The Hall–Kier alpha value is -4.85. The molecular weight excluding hydrogens is 600 g/mol. The van der Waals surface area contributed by atoms with E-state index in [0.29, 0.717) is 35.6 Å². The van der Waals surface area contributed by atoms with Crippen molar-refractivity contribution >= 4 is 46.1 Å². The first-order valence-electron chi connectivity index (χ1n) is 17.6. The van der Waals surface area contributed by atoms with Crippen LogP contribution in [0.5, 0.6) is 0 Å². The van der Waals surface area contributed by atoms with Gasteiger partial charge in [-0.3, -0.25) is 9.59 Å². The predicted octanol–water partition coefficient (Wildman–Crippen LogP) is 8.59. The third-order valence-electron chi connectivity index (χ3n) is 10.0. The Bertz CT molecular complexity index is 1830. The lowest BCUT2D eigenvalue weighted by atomic mass is 9.81. The summed E-state index contributed by atoms with van der Waals surface area (Å²) in [7, 11) is 0. The number of aromatic nitrogens is 1. The molecule has 4 N–H and O–H groups in total. The van der Waals surface area contributed by atoms with Crippen molar-refractivity contribution in [3.05, 3.63) is 89.5 Å². The van der Waals surface area contributed by atoms with Crippen LogP contribution in [-0.4, -0.2) is 39.5 Å². The number of para-hydroxylation sites is 1. The number of carbonyl (C=O) groups excluding carboxylic acids is 2. The second-order valence-corrected chi connectivity index (χ2v) is 12.9. The van der Waals surface area contributed by atoms with E-state index >= 15 is 0 Å². The minimum absolute atomic E-state index is 0.230. The molecule has 8 heteroatoms. The molecule has 7 rings (SSSR count). The molecule has 250 valence electrons. The largest absolute Gasteiger partial charge is 0.478 e. The number of carbonyl (C=O) groups is 3. The third kappa shape index (κ3) is 6.61. The average molecular weight is 647 g/mol. The number of amides is 2. The monoisotopic (exact) mass is 646 g/mol. The van der Waals surface area contributed by atoms with Gasteiger partial charge in [-0.1, -0.05) is 82.3 Å². The van der Waals surface area contributed by atoms with Crippen LogP contribution < -0.4 is 16.0 Å². The Morgan fingerprint density at radius 3 is 2.38 bits per heavy atom. The highest BCUT2D eigenvalue weighted by Gasteiger charge is 2.43. The van der Waals surface area contributed by atoms with Crippen molar-refractivity contribution in [2.75, 3.05) is 17.2 Å². The lowest BCUT2D eigenvalue weighted by molar-refractivity contribution is -0.131. The molecule has 0 radical (unpaired) electrons. The summed E-state index contributed by atoms with van der Waals surface area (Å²) < 4.78 is 2.41. The lowest BCUT2D eigenvalue weighted by Crippen LogP contribution is -2.55. The maximum atomic E-state index is 14.0. The number of carboxylic acids is 1. The van der Waals surface area contributed by atoms with Gasteiger partial charge in [-0.2, -0.15) is 0 Å².